The van der Waals surface area contributed by atoms with E-state index < -0.39 is 0 Å². The number of phenolic OH excluding ortho intramolecular Hbond substituents is 2. The minimum Gasteiger partial charge on any atom is -0.508 e. The van der Waals surface area contributed by atoms with E-state index in [-0.39, 0.29) is 17.8 Å². The maximum absolute atomic E-state index is 10.7. The molecule has 2 heterocycles. The predicted octanol–water partition coefficient (Wildman–Crippen LogP) is 6.03. The molecule has 158 valence electrons. The average Bonchev–Trinajstić information content (AvgIpc) is 3.04. The Morgan fingerprint density at radius 2 is 1.70 bits per heavy atom. The third-order valence-corrected chi connectivity index (χ3v) is 5.96. The molecule has 0 saturated heterocycles. The van der Waals surface area contributed by atoms with E-state index in [1.807, 2.05) is 32.9 Å². The Bertz CT molecular complexity index is 1050. The molecule has 0 radical (unpaired) electrons. The van der Waals surface area contributed by atoms with Crippen LogP contribution in [0.15, 0.2) is 41.5 Å². The maximum Gasteiger partial charge on any atom is 0.138 e. The minimum atomic E-state index is -0.179. The van der Waals surface area contributed by atoms with Crippen LogP contribution in [0.5, 0.6) is 23.0 Å². The highest BCUT2D eigenvalue weighted by Gasteiger charge is 2.43. The fraction of sp³-hybridized carbons (Fsp3) is 0.385. The fourth-order valence-corrected chi connectivity index (χ4v) is 4.26. The fourth-order valence-electron chi connectivity index (χ4n) is 4.26. The van der Waals surface area contributed by atoms with Crippen molar-refractivity contribution in [3.05, 3.63) is 69.3 Å². The van der Waals surface area contributed by atoms with Crippen molar-refractivity contribution >= 4 is 0 Å². The number of allylic oxidation sites excluding steroid dienone is 4. The summed E-state index contributed by atoms with van der Waals surface area (Å²) in [7, 11) is 0. The molecule has 30 heavy (non-hydrogen) atoms. The number of benzene rings is 2. The zero-order valence-electron chi connectivity index (χ0n) is 18.4. The van der Waals surface area contributed by atoms with Gasteiger partial charge in [-0.25, -0.2) is 0 Å². The summed E-state index contributed by atoms with van der Waals surface area (Å²) in [4.78, 5) is 0. The number of aromatic hydroxyl groups is 2. The highest BCUT2D eigenvalue weighted by Crippen LogP contribution is 2.55. The van der Waals surface area contributed by atoms with Crippen molar-refractivity contribution in [2.45, 2.75) is 59.5 Å². The molecule has 2 aromatic rings. The molecule has 0 spiro atoms. The SMILES string of the molecule is CC(C)=CCc1cc2c(cc1O)OCC1c3cc(C)c(O)c(CC=C(C)C)c3OC21. The second-order valence-electron chi connectivity index (χ2n) is 8.88. The average molecular weight is 407 g/mol. The van der Waals surface area contributed by atoms with Crippen molar-refractivity contribution in [2.75, 3.05) is 6.61 Å². The van der Waals surface area contributed by atoms with E-state index in [1.54, 1.807) is 6.07 Å². The lowest BCUT2D eigenvalue weighted by Crippen LogP contribution is -2.23. The van der Waals surface area contributed by atoms with E-state index in [4.69, 9.17) is 9.47 Å². The van der Waals surface area contributed by atoms with E-state index in [1.165, 1.54) is 11.1 Å². The summed E-state index contributed by atoms with van der Waals surface area (Å²) in [5, 5.41) is 21.2. The predicted molar refractivity (Wildman–Crippen MR) is 119 cm³/mol. The molecule has 2 aromatic carbocycles. The summed E-state index contributed by atoms with van der Waals surface area (Å²) >= 11 is 0. The Morgan fingerprint density at radius 3 is 2.40 bits per heavy atom. The molecule has 0 aromatic heterocycles. The van der Waals surface area contributed by atoms with Gasteiger partial charge in [-0.2, -0.15) is 0 Å². The number of hydrogen-bond acceptors (Lipinski definition) is 4. The third kappa shape index (κ3) is 3.55. The van der Waals surface area contributed by atoms with Gasteiger partial charge in [0.2, 0.25) is 0 Å². The molecule has 2 N–H and O–H groups in total. The number of fused-ring (bicyclic) bond motifs is 5. The van der Waals surface area contributed by atoms with Gasteiger partial charge in [0.25, 0.3) is 0 Å². The van der Waals surface area contributed by atoms with Crippen LogP contribution in [0.4, 0.5) is 0 Å². The van der Waals surface area contributed by atoms with Crippen molar-refractivity contribution in [1.82, 2.24) is 0 Å². The summed E-state index contributed by atoms with van der Waals surface area (Å²) in [5.41, 5.74) is 7.03. The van der Waals surface area contributed by atoms with Gasteiger partial charge in [-0.15, -0.1) is 0 Å². The van der Waals surface area contributed by atoms with E-state index in [2.05, 4.69) is 26.0 Å². The molecule has 4 nitrogen and oxygen atoms in total. The Labute approximate surface area is 178 Å². The van der Waals surface area contributed by atoms with Crippen molar-refractivity contribution in [3.63, 3.8) is 0 Å². The first kappa shape index (κ1) is 20.4. The summed E-state index contributed by atoms with van der Waals surface area (Å²) in [6.45, 7) is 10.6. The maximum atomic E-state index is 10.7. The van der Waals surface area contributed by atoms with Crippen LogP contribution in [-0.2, 0) is 12.8 Å². The number of ether oxygens (including phenoxy) is 2. The Balaban J connectivity index is 1.77. The highest BCUT2D eigenvalue weighted by molar-refractivity contribution is 5.60. The van der Waals surface area contributed by atoms with Crippen LogP contribution in [0.3, 0.4) is 0 Å². The van der Waals surface area contributed by atoms with Gasteiger partial charge >= 0.3 is 0 Å². The second-order valence-corrected chi connectivity index (χ2v) is 8.88. The first-order valence-electron chi connectivity index (χ1n) is 10.5. The molecule has 0 fully saturated rings. The molecule has 4 rings (SSSR count). The zero-order valence-corrected chi connectivity index (χ0v) is 18.4. The summed E-state index contributed by atoms with van der Waals surface area (Å²) < 4.78 is 12.5. The minimum absolute atomic E-state index is 0.0677. The van der Waals surface area contributed by atoms with Gasteiger partial charge in [-0.3, -0.25) is 0 Å². The van der Waals surface area contributed by atoms with Gasteiger partial charge in [0.05, 0.1) is 12.5 Å². The largest absolute Gasteiger partial charge is 0.508 e. The number of hydrogen-bond donors (Lipinski definition) is 2. The monoisotopic (exact) mass is 406 g/mol. The molecule has 2 aliphatic heterocycles. The first-order valence-corrected chi connectivity index (χ1v) is 10.5. The summed E-state index contributed by atoms with van der Waals surface area (Å²) in [5.74, 6) is 2.08. The van der Waals surface area contributed by atoms with Crippen LogP contribution in [0.25, 0.3) is 0 Å². The summed E-state index contributed by atoms with van der Waals surface area (Å²) in [6, 6.07) is 5.74. The van der Waals surface area contributed by atoms with Crippen LogP contribution < -0.4 is 9.47 Å². The van der Waals surface area contributed by atoms with Crippen LogP contribution in [0.1, 0.15) is 67.5 Å². The van der Waals surface area contributed by atoms with E-state index >= 15 is 0 Å². The van der Waals surface area contributed by atoms with Gasteiger partial charge in [0.1, 0.15) is 29.1 Å². The van der Waals surface area contributed by atoms with Crippen molar-refractivity contribution in [3.8, 4) is 23.0 Å². The molecule has 2 atom stereocenters. The van der Waals surface area contributed by atoms with E-state index in [0.717, 1.165) is 33.6 Å². The standard InChI is InChI=1S/C26H30O4/c1-14(2)6-8-17-11-20-23(12-22(17)27)29-13-21-19-10-16(5)24(28)18(9-7-15(3)4)25(19)30-26(20)21/h6-7,10-12,21,26-28H,8-9,13H2,1-5H3. The smallest absolute Gasteiger partial charge is 0.138 e. The lowest BCUT2D eigenvalue weighted by molar-refractivity contribution is 0.138. The first-order chi connectivity index (χ1) is 14.3. The molecule has 0 amide bonds. The van der Waals surface area contributed by atoms with Crippen LogP contribution in [0.2, 0.25) is 0 Å². The lowest BCUT2D eigenvalue weighted by Gasteiger charge is -2.28. The number of phenols is 2. The van der Waals surface area contributed by atoms with Gasteiger partial charge in [-0.1, -0.05) is 23.3 Å². The number of aryl methyl sites for hydroxylation is 1. The molecular weight excluding hydrogens is 376 g/mol. The van der Waals surface area contributed by atoms with Gasteiger partial charge in [-0.05, 0) is 70.7 Å². The van der Waals surface area contributed by atoms with E-state index in [0.29, 0.717) is 30.9 Å². The molecule has 0 aliphatic carbocycles. The molecule has 0 saturated carbocycles. The molecule has 2 aliphatic rings. The quantitative estimate of drug-likeness (QED) is 0.608. The molecular formula is C26H30O4. The topological polar surface area (TPSA) is 58.9 Å². The highest BCUT2D eigenvalue weighted by atomic mass is 16.5. The van der Waals surface area contributed by atoms with Crippen molar-refractivity contribution in [2.24, 2.45) is 0 Å². The van der Waals surface area contributed by atoms with Crippen molar-refractivity contribution < 1.29 is 19.7 Å². The molecule has 2 unspecified atom stereocenters. The van der Waals surface area contributed by atoms with Crippen LogP contribution >= 0.6 is 0 Å². The molecule has 4 heteroatoms. The van der Waals surface area contributed by atoms with Gasteiger partial charge in [0.15, 0.2) is 0 Å². The Kier molecular flexibility index (Phi) is 5.27. The van der Waals surface area contributed by atoms with E-state index in [9.17, 15) is 10.2 Å². The molecule has 0 bridgehead atoms. The summed E-state index contributed by atoms with van der Waals surface area (Å²) in [6.07, 6.45) is 5.33. The second kappa shape index (κ2) is 7.75. The van der Waals surface area contributed by atoms with Gasteiger partial charge < -0.3 is 19.7 Å². The van der Waals surface area contributed by atoms with Crippen LogP contribution in [0, 0.1) is 6.92 Å². The Morgan fingerprint density at radius 1 is 1.00 bits per heavy atom. The normalized spacial score (nSPS) is 18.4. The zero-order chi connectivity index (χ0) is 21.6. The number of rotatable bonds is 4. The van der Waals surface area contributed by atoms with Crippen molar-refractivity contribution in [1.29, 1.82) is 0 Å². The lowest BCUT2D eigenvalue weighted by atomic mass is 9.86. The third-order valence-electron chi connectivity index (χ3n) is 5.96. The Hall–Kier alpha value is -2.88. The van der Waals surface area contributed by atoms with Gasteiger partial charge in [0, 0.05) is 22.8 Å². The van der Waals surface area contributed by atoms with Crippen LogP contribution in [-0.4, -0.2) is 16.8 Å².